The zero-order valence-corrected chi connectivity index (χ0v) is 8.41. The molecule has 1 N–H and O–H groups in total. The molecule has 1 aromatic heterocycles. The Morgan fingerprint density at radius 1 is 1.53 bits per heavy atom. The molecule has 1 aromatic carbocycles. The topological polar surface area (TPSA) is 42.1 Å². The fourth-order valence-electron chi connectivity index (χ4n) is 1.54. The second kappa shape index (κ2) is 3.61. The lowest BCUT2D eigenvalue weighted by Gasteiger charge is -1.97. The molecule has 15 heavy (non-hydrogen) atoms. The SMILES string of the molecule is C=Cc1ccc2[nH]cc(C(=O)OC)c2c1. The summed E-state index contributed by atoms with van der Waals surface area (Å²) in [6, 6.07) is 5.76. The number of rotatable bonds is 2. The molecule has 0 aliphatic heterocycles. The summed E-state index contributed by atoms with van der Waals surface area (Å²) in [5, 5.41) is 0.860. The van der Waals surface area contributed by atoms with E-state index in [0.29, 0.717) is 5.56 Å². The molecular weight excluding hydrogens is 190 g/mol. The van der Waals surface area contributed by atoms with E-state index in [0.717, 1.165) is 16.5 Å². The maximum Gasteiger partial charge on any atom is 0.340 e. The van der Waals surface area contributed by atoms with Gasteiger partial charge in [-0.2, -0.15) is 0 Å². The predicted molar refractivity (Wildman–Crippen MR) is 59.7 cm³/mol. The molecule has 2 rings (SSSR count). The van der Waals surface area contributed by atoms with Crippen LogP contribution in [-0.2, 0) is 4.74 Å². The molecule has 0 spiro atoms. The third kappa shape index (κ3) is 1.52. The van der Waals surface area contributed by atoms with Crippen molar-refractivity contribution < 1.29 is 9.53 Å². The van der Waals surface area contributed by atoms with Crippen LogP contribution in [0.15, 0.2) is 31.0 Å². The minimum Gasteiger partial charge on any atom is -0.465 e. The number of aromatic nitrogens is 1. The highest BCUT2D eigenvalue weighted by atomic mass is 16.5. The van der Waals surface area contributed by atoms with Crippen molar-refractivity contribution in [3.63, 3.8) is 0 Å². The first kappa shape index (κ1) is 9.52. The van der Waals surface area contributed by atoms with Gasteiger partial charge in [0.2, 0.25) is 0 Å². The van der Waals surface area contributed by atoms with Crippen LogP contribution in [0.4, 0.5) is 0 Å². The number of methoxy groups -OCH3 is 1. The van der Waals surface area contributed by atoms with Gasteiger partial charge >= 0.3 is 5.97 Å². The van der Waals surface area contributed by atoms with E-state index < -0.39 is 0 Å². The van der Waals surface area contributed by atoms with Crippen molar-refractivity contribution in [3.05, 3.63) is 42.1 Å². The molecule has 76 valence electrons. The highest BCUT2D eigenvalue weighted by Gasteiger charge is 2.11. The number of esters is 1. The number of benzene rings is 1. The molecule has 2 aromatic rings. The maximum atomic E-state index is 11.4. The number of ether oxygens (including phenoxy) is 1. The Hall–Kier alpha value is -2.03. The third-order valence-corrected chi connectivity index (χ3v) is 2.35. The molecule has 0 aliphatic rings. The number of carbonyl (C=O) groups is 1. The molecule has 0 saturated heterocycles. The average molecular weight is 201 g/mol. The van der Waals surface area contributed by atoms with E-state index in [1.165, 1.54) is 7.11 Å². The summed E-state index contributed by atoms with van der Waals surface area (Å²) in [5.74, 6) is -0.331. The molecule has 0 aliphatic carbocycles. The second-order valence-electron chi connectivity index (χ2n) is 3.20. The van der Waals surface area contributed by atoms with Crippen molar-refractivity contribution in [3.8, 4) is 0 Å². The predicted octanol–water partition coefficient (Wildman–Crippen LogP) is 2.60. The third-order valence-electron chi connectivity index (χ3n) is 2.35. The molecule has 1 heterocycles. The first-order valence-corrected chi connectivity index (χ1v) is 4.58. The summed E-state index contributed by atoms with van der Waals surface area (Å²) in [5.41, 5.74) is 2.45. The van der Waals surface area contributed by atoms with Crippen LogP contribution >= 0.6 is 0 Å². The van der Waals surface area contributed by atoms with Crippen LogP contribution in [0.5, 0.6) is 0 Å². The van der Waals surface area contributed by atoms with Crippen molar-refractivity contribution >= 4 is 22.9 Å². The lowest BCUT2D eigenvalue weighted by Crippen LogP contribution is -1.99. The Kier molecular flexibility index (Phi) is 2.29. The number of hydrogen-bond donors (Lipinski definition) is 1. The Bertz CT molecular complexity index is 525. The molecule has 0 atom stereocenters. The van der Waals surface area contributed by atoms with Crippen molar-refractivity contribution in [2.45, 2.75) is 0 Å². The minimum absolute atomic E-state index is 0.331. The van der Waals surface area contributed by atoms with E-state index in [4.69, 9.17) is 4.74 Å². The van der Waals surface area contributed by atoms with E-state index in [1.807, 2.05) is 18.2 Å². The van der Waals surface area contributed by atoms with Crippen molar-refractivity contribution in [1.29, 1.82) is 0 Å². The number of fused-ring (bicyclic) bond motifs is 1. The molecular formula is C12H11NO2. The summed E-state index contributed by atoms with van der Waals surface area (Å²) >= 11 is 0. The van der Waals surface area contributed by atoms with E-state index in [9.17, 15) is 4.79 Å². The Morgan fingerprint density at radius 3 is 3.00 bits per heavy atom. The highest BCUT2D eigenvalue weighted by Crippen LogP contribution is 2.20. The zero-order valence-electron chi connectivity index (χ0n) is 8.41. The number of aromatic amines is 1. The van der Waals surface area contributed by atoms with Crippen molar-refractivity contribution in [2.75, 3.05) is 7.11 Å². The fraction of sp³-hybridized carbons (Fsp3) is 0.0833. The van der Waals surface area contributed by atoms with Gasteiger partial charge in [-0.3, -0.25) is 0 Å². The molecule has 0 saturated carbocycles. The number of hydrogen-bond acceptors (Lipinski definition) is 2. The largest absolute Gasteiger partial charge is 0.465 e. The van der Waals surface area contributed by atoms with Gasteiger partial charge in [0.05, 0.1) is 12.7 Å². The molecule has 0 amide bonds. The molecule has 0 fully saturated rings. The van der Waals surface area contributed by atoms with E-state index in [1.54, 1.807) is 12.3 Å². The van der Waals surface area contributed by atoms with Gasteiger partial charge in [-0.05, 0) is 17.7 Å². The maximum absolute atomic E-state index is 11.4. The Morgan fingerprint density at radius 2 is 2.33 bits per heavy atom. The van der Waals surface area contributed by atoms with E-state index in [-0.39, 0.29) is 5.97 Å². The van der Waals surface area contributed by atoms with Gasteiger partial charge in [0.25, 0.3) is 0 Å². The monoisotopic (exact) mass is 201 g/mol. The lowest BCUT2D eigenvalue weighted by molar-refractivity contribution is 0.0603. The van der Waals surface area contributed by atoms with Crippen molar-refractivity contribution in [1.82, 2.24) is 4.98 Å². The number of carbonyl (C=O) groups excluding carboxylic acids is 1. The van der Waals surface area contributed by atoms with Gasteiger partial charge in [-0.1, -0.05) is 18.7 Å². The van der Waals surface area contributed by atoms with Gasteiger partial charge in [-0.15, -0.1) is 0 Å². The van der Waals surface area contributed by atoms with Crippen LogP contribution in [0.2, 0.25) is 0 Å². The second-order valence-corrected chi connectivity index (χ2v) is 3.20. The summed E-state index contributed by atoms with van der Waals surface area (Å²) in [6.07, 6.45) is 3.40. The summed E-state index contributed by atoms with van der Waals surface area (Å²) in [4.78, 5) is 14.4. The van der Waals surface area contributed by atoms with E-state index >= 15 is 0 Å². The number of H-pyrrole nitrogens is 1. The fourth-order valence-corrected chi connectivity index (χ4v) is 1.54. The first-order chi connectivity index (χ1) is 7.26. The van der Waals surface area contributed by atoms with Gasteiger partial charge in [-0.25, -0.2) is 4.79 Å². The van der Waals surface area contributed by atoms with Gasteiger partial charge < -0.3 is 9.72 Å². The quantitative estimate of drug-likeness (QED) is 0.759. The van der Waals surface area contributed by atoms with Crippen LogP contribution in [0.1, 0.15) is 15.9 Å². The standard InChI is InChI=1S/C12H11NO2/c1-3-8-4-5-11-9(6-8)10(7-13-11)12(14)15-2/h3-7,13H,1H2,2H3. The normalized spacial score (nSPS) is 10.2. The number of nitrogens with one attached hydrogen (secondary N) is 1. The Labute approximate surface area is 87.4 Å². The van der Waals surface area contributed by atoms with Crippen LogP contribution in [0.3, 0.4) is 0 Å². The molecule has 0 bridgehead atoms. The zero-order chi connectivity index (χ0) is 10.8. The lowest BCUT2D eigenvalue weighted by atomic mass is 10.1. The highest BCUT2D eigenvalue weighted by molar-refractivity contribution is 6.04. The summed E-state index contributed by atoms with van der Waals surface area (Å²) < 4.78 is 4.69. The van der Waals surface area contributed by atoms with Crippen LogP contribution in [0, 0.1) is 0 Å². The van der Waals surface area contributed by atoms with Gasteiger partial charge in [0.1, 0.15) is 0 Å². The molecule has 0 unspecified atom stereocenters. The average Bonchev–Trinajstić information content (AvgIpc) is 2.70. The van der Waals surface area contributed by atoms with Crippen LogP contribution in [-0.4, -0.2) is 18.1 Å². The Balaban J connectivity index is 2.66. The summed E-state index contributed by atoms with van der Waals surface area (Å²) in [7, 11) is 1.37. The van der Waals surface area contributed by atoms with Crippen LogP contribution < -0.4 is 0 Å². The van der Waals surface area contributed by atoms with E-state index in [2.05, 4.69) is 11.6 Å². The molecule has 0 radical (unpaired) electrons. The first-order valence-electron chi connectivity index (χ1n) is 4.58. The van der Waals surface area contributed by atoms with Gasteiger partial charge in [0, 0.05) is 17.1 Å². The molecule has 3 nitrogen and oxygen atoms in total. The molecule has 3 heteroatoms. The van der Waals surface area contributed by atoms with Gasteiger partial charge in [0.15, 0.2) is 0 Å². The minimum atomic E-state index is -0.331. The summed E-state index contributed by atoms with van der Waals surface area (Å²) in [6.45, 7) is 3.69. The van der Waals surface area contributed by atoms with Crippen LogP contribution in [0.25, 0.3) is 17.0 Å². The van der Waals surface area contributed by atoms with Crippen molar-refractivity contribution in [2.24, 2.45) is 0 Å². The smallest absolute Gasteiger partial charge is 0.340 e.